The molecule has 0 aromatic rings. The van der Waals surface area contributed by atoms with Crippen LogP contribution in [0.5, 0.6) is 0 Å². The van der Waals surface area contributed by atoms with Gasteiger partial charge in [0.2, 0.25) is 11.8 Å². The summed E-state index contributed by atoms with van der Waals surface area (Å²) < 4.78 is 0. The van der Waals surface area contributed by atoms with Crippen LogP contribution in [0.25, 0.3) is 0 Å². The fourth-order valence-corrected chi connectivity index (χ4v) is 2.08. The molecule has 4 heteroatoms. The van der Waals surface area contributed by atoms with Gasteiger partial charge >= 0.3 is 0 Å². The number of carbonyl (C=O) groups is 2. The number of amides is 2. The summed E-state index contributed by atoms with van der Waals surface area (Å²) in [5.74, 6) is -0.0214. The van der Waals surface area contributed by atoms with Crippen LogP contribution in [0.3, 0.4) is 0 Å². The lowest BCUT2D eigenvalue weighted by Gasteiger charge is -2.33. The Balaban J connectivity index is 2.99. The number of rotatable bonds is 4. The van der Waals surface area contributed by atoms with Crippen LogP contribution in [0, 0.1) is 0 Å². The maximum absolute atomic E-state index is 12.3. The van der Waals surface area contributed by atoms with E-state index in [1.165, 1.54) is 0 Å². The monoisotopic (exact) mass is 224 g/mol. The van der Waals surface area contributed by atoms with Gasteiger partial charge in [0.05, 0.1) is 0 Å². The van der Waals surface area contributed by atoms with Gasteiger partial charge in [-0.05, 0) is 12.8 Å². The Morgan fingerprint density at radius 1 is 1.44 bits per heavy atom. The Labute approximate surface area is 96.7 Å². The van der Waals surface area contributed by atoms with Crippen molar-refractivity contribution in [1.29, 1.82) is 0 Å². The van der Waals surface area contributed by atoms with E-state index < -0.39 is 5.54 Å². The van der Waals surface area contributed by atoms with E-state index in [0.29, 0.717) is 32.4 Å². The molecule has 4 nitrogen and oxygen atoms in total. The summed E-state index contributed by atoms with van der Waals surface area (Å²) >= 11 is 0. The summed E-state index contributed by atoms with van der Waals surface area (Å²) in [6.07, 6.45) is 3.33. The summed E-state index contributed by atoms with van der Waals surface area (Å²) in [5.41, 5.74) is -0.712. The third kappa shape index (κ3) is 2.26. The highest BCUT2D eigenvalue weighted by molar-refractivity contribution is 5.93. The van der Waals surface area contributed by atoms with Crippen LogP contribution in [-0.4, -0.2) is 35.3 Å². The number of nitrogens with zero attached hydrogens (tertiary/aromatic N) is 1. The Bertz CT molecular complexity index is 295. The maximum atomic E-state index is 12.3. The molecule has 0 bridgehead atoms. The highest BCUT2D eigenvalue weighted by atomic mass is 16.2. The van der Waals surface area contributed by atoms with Crippen molar-refractivity contribution >= 4 is 11.8 Å². The quantitative estimate of drug-likeness (QED) is 0.726. The number of hydrogen-bond donors (Lipinski definition) is 1. The van der Waals surface area contributed by atoms with Crippen LogP contribution in [0.15, 0.2) is 12.7 Å². The number of nitrogens with one attached hydrogen (secondary N) is 1. The molecule has 0 spiro atoms. The molecule has 1 fully saturated rings. The molecule has 1 N–H and O–H groups in total. The van der Waals surface area contributed by atoms with E-state index in [1.54, 1.807) is 11.0 Å². The molecule has 1 aliphatic rings. The molecular formula is C12H20N2O2. The smallest absolute Gasteiger partial charge is 0.248 e. The highest BCUT2D eigenvalue weighted by Gasteiger charge is 2.41. The van der Waals surface area contributed by atoms with Gasteiger partial charge < -0.3 is 10.2 Å². The minimum absolute atomic E-state index is 0.0169. The average molecular weight is 224 g/mol. The van der Waals surface area contributed by atoms with Crippen molar-refractivity contribution in [2.24, 2.45) is 0 Å². The van der Waals surface area contributed by atoms with Crippen LogP contribution >= 0.6 is 0 Å². The summed E-state index contributed by atoms with van der Waals surface area (Å²) in [6.45, 7) is 8.49. The zero-order chi connectivity index (χ0) is 12.2. The third-order valence-electron chi connectivity index (χ3n) is 3.24. The topological polar surface area (TPSA) is 49.4 Å². The minimum atomic E-state index is -0.712. The van der Waals surface area contributed by atoms with Crippen LogP contribution in [0.4, 0.5) is 0 Å². The molecule has 0 aromatic heterocycles. The molecule has 0 aromatic carbocycles. The van der Waals surface area contributed by atoms with Crippen molar-refractivity contribution in [2.75, 3.05) is 13.1 Å². The summed E-state index contributed by atoms with van der Waals surface area (Å²) in [5, 5.41) is 2.87. The third-order valence-corrected chi connectivity index (χ3v) is 3.24. The molecule has 16 heavy (non-hydrogen) atoms. The van der Waals surface area contributed by atoms with Crippen molar-refractivity contribution in [1.82, 2.24) is 10.2 Å². The van der Waals surface area contributed by atoms with E-state index in [0.717, 1.165) is 0 Å². The van der Waals surface area contributed by atoms with E-state index in [2.05, 4.69) is 11.9 Å². The van der Waals surface area contributed by atoms with Crippen molar-refractivity contribution in [3.8, 4) is 0 Å². The summed E-state index contributed by atoms with van der Waals surface area (Å²) in [4.78, 5) is 25.6. The number of hydrogen-bond acceptors (Lipinski definition) is 2. The zero-order valence-electron chi connectivity index (χ0n) is 10.1. The van der Waals surface area contributed by atoms with Crippen LogP contribution < -0.4 is 5.32 Å². The van der Waals surface area contributed by atoms with Crippen LogP contribution in [-0.2, 0) is 9.59 Å². The predicted molar refractivity (Wildman–Crippen MR) is 62.8 cm³/mol. The first kappa shape index (κ1) is 12.7. The molecule has 2 amide bonds. The lowest BCUT2D eigenvalue weighted by molar-refractivity contribution is -0.138. The molecular weight excluding hydrogens is 204 g/mol. The van der Waals surface area contributed by atoms with Gasteiger partial charge in [-0.2, -0.15) is 0 Å². The lowest BCUT2D eigenvalue weighted by atomic mass is 9.91. The maximum Gasteiger partial charge on any atom is 0.248 e. The van der Waals surface area contributed by atoms with Crippen molar-refractivity contribution in [3.05, 3.63) is 12.7 Å². The van der Waals surface area contributed by atoms with Gasteiger partial charge in [-0.3, -0.25) is 9.59 Å². The van der Waals surface area contributed by atoms with E-state index in [-0.39, 0.29) is 11.8 Å². The Morgan fingerprint density at radius 3 is 2.56 bits per heavy atom. The minimum Gasteiger partial charge on any atom is -0.342 e. The molecule has 0 radical (unpaired) electrons. The first-order valence-corrected chi connectivity index (χ1v) is 5.81. The highest BCUT2D eigenvalue weighted by Crippen LogP contribution is 2.21. The molecule has 1 aliphatic heterocycles. The molecule has 90 valence electrons. The molecule has 1 heterocycles. The van der Waals surface area contributed by atoms with E-state index >= 15 is 0 Å². The van der Waals surface area contributed by atoms with Crippen molar-refractivity contribution in [3.63, 3.8) is 0 Å². The van der Waals surface area contributed by atoms with Crippen LogP contribution in [0.2, 0.25) is 0 Å². The van der Waals surface area contributed by atoms with Crippen molar-refractivity contribution in [2.45, 2.75) is 38.6 Å². The van der Waals surface area contributed by atoms with Gasteiger partial charge in [0, 0.05) is 19.5 Å². The lowest BCUT2D eigenvalue weighted by Crippen LogP contribution is -2.56. The van der Waals surface area contributed by atoms with Gasteiger partial charge in [0.25, 0.3) is 0 Å². The fraction of sp³-hybridized carbons (Fsp3) is 0.667. The van der Waals surface area contributed by atoms with E-state index in [9.17, 15) is 9.59 Å². The zero-order valence-corrected chi connectivity index (χ0v) is 10.1. The second-order valence-electron chi connectivity index (χ2n) is 4.13. The summed E-state index contributed by atoms with van der Waals surface area (Å²) in [6, 6.07) is 0. The van der Waals surface area contributed by atoms with Gasteiger partial charge in [-0.1, -0.05) is 19.9 Å². The number of carbonyl (C=O) groups excluding carboxylic acids is 2. The summed E-state index contributed by atoms with van der Waals surface area (Å²) in [7, 11) is 0. The second kappa shape index (κ2) is 5.14. The molecule has 0 atom stereocenters. The van der Waals surface area contributed by atoms with Gasteiger partial charge in [0.1, 0.15) is 5.54 Å². The molecule has 1 saturated heterocycles. The molecule has 0 saturated carbocycles. The first-order valence-electron chi connectivity index (χ1n) is 5.81. The molecule has 1 rings (SSSR count). The SMILES string of the molecule is C=CCN1CCC(=O)NC(CC)(CC)C1=O. The largest absolute Gasteiger partial charge is 0.342 e. The van der Waals surface area contributed by atoms with E-state index in [4.69, 9.17) is 0 Å². The Hall–Kier alpha value is -1.32. The Morgan fingerprint density at radius 2 is 2.06 bits per heavy atom. The van der Waals surface area contributed by atoms with Gasteiger partial charge in [0.15, 0.2) is 0 Å². The normalized spacial score (nSPS) is 20.2. The molecule has 0 unspecified atom stereocenters. The van der Waals surface area contributed by atoms with Gasteiger partial charge in [-0.25, -0.2) is 0 Å². The van der Waals surface area contributed by atoms with Crippen molar-refractivity contribution < 1.29 is 9.59 Å². The fourth-order valence-electron chi connectivity index (χ4n) is 2.08. The second-order valence-corrected chi connectivity index (χ2v) is 4.13. The molecule has 0 aliphatic carbocycles. The average Bonchev–Trinajstić information content (AvgIpc) is 2.41. The Kier molecular flexibility index (Phi) is 4.10. The first-order chi connectivity index (χ1) is 7.59. The van der Waals surface area contributed by atoms with Crippen LogP contribution in [0.1, 0.15) is 33.1 Å². The van der Waals surface area contributed by atoms with Gasteiger partial charge in [-0.15, -0.1) is 6.58 Å². The standard InChI is InChI=1S/C12H20N2O2/c1-4-8-14-9-7-10(15)13-12(5-2,6-3)11(14)16/h4H,1,5-9H2,2-3H3,(H,13,15). The predicted octanol–water partition coefficient (Wildman–Crippen LogP) is 1.08. The van der Waals surface area contributed by atoms with E-state index in [1.807, 2.05) is 13.8 Å².